The molecule has 1 aromatic carbocycles. The fraction of sp³-hybridized carbons (Fsp3) is 0.476. The Balaban J connectivity index is 1.36. The molecule has 2 aromatic rings. The molecule has 1 aromatic heterocycles. The lowest BCUT2D eigenvalue weighted by atomic mass is 9.92. The summed E-state index contributed by atoms with van der Waals surface area (Å²) in [6.45, 7) is 1.11. The Morgan fingerprint density at radius 3 is 2.57 bits per heavy atom. The second kappa shape index (κ2) is 8.09. The summed E-state index contributed by atoms with van der Waals surface area (Å²) >= 11 is 0. The summed E-state index contributed by atoms with van der Waals surface area (Å²) in [4.78, 5) is 12.7. The van der Waals surface area contributed by atoms with Crippen LogP contribution in [0.4, 0.5) is 0 Å². The minimum Gasteiger partial charge on any atom is -0.467 e. The highest BCUT2D eigenvalue weighted by Crippen LogP contribution is 2.28. The molecular formula is C21H26N2O4S. The van der Waals surface area contributed by atoms with Gasteiger partial charge in [0.2, 0.25) is 15.9 Å². The van der Waals surface area contributed by atoms with E-state index in [4.69, 9.17) is 4.42 Å². The van der Waals surface area contributed by atoms with Gasteiger partial charge in [-0.25, -0.2) is 8.42 Å². The van der Waals surface area contributed by atoms with E-state index in [0.29, 0.717) is 43.1 Å². The van der Waals surface area contributed by atoms with Crippen LogP contribution in [0.1, 0.15) is 42.6 Å². The van der Waals surface area contributed by atoms with Gasteiger partial charge in [-0.05, 0) is 73.9 Å². The lowest BCUT2D eigenvalue weighted by molar-refractivity contribution is -0.126. The summed E-state index contributed by atoms with van der Waals surface area (Å²) < 4.78 is 32.8. The fourth-order valence-electron chi connectivity index (χ4n) is 4.11. The number of carbonyl (C=O) groups excluding carboxylic acids is 1. The van der Waals surface area contributed by atoms with E-state index in [2.05, 4.69) is 5.32 Å². The number of fused-ring (bicyclic) bond motifs is 1. The van der Waals surface area contributed by atoms with Gasteiger partial charge in [-0.15, -0.1) is 0 Å². The Morgan fingerprint density at radius 1 is 1.11 bits per heavy atom. The molecule has 1 aliphatic carbocycles. The van der Waals surface area contributed by atoms with Crippen LogP contribution in [-0.2, 0) is 34.2 Å². The lowest BCUT2D eigenvalue weighted by Gasteiger charge is -2.30. The number of nitrogens with zero attached hydrogens (tertiary/aromatic N) is 1. The third-order valence-corrected chi connectivity index (χ3v) is 7.69. The summed E-state index contributed by atoms with van der Waals surface area (Å²) in [5.41, 5.74) is 2.44. The van der Waals surface area contributed by atoms with Gasteiger partial charge in [0.05, 0.1) is 17.7 Å². The first kappa shape index (κ1) is 19.2. The van der Waals surface area contributed by atoms with E-state index in [1.165, 1.54) is 21.9 Å². The first-order valence-corrected chi connectivity index (χ1v) is 11.4. The number of aryl methyl sites for hydroxylation is 2. The van der Waals surface area contributed by atoms with Crippen molar-refractivity contribution in [3.8, 4) is 0 Å². The van der Waals surface area contributed by atoms with Gasteiger partial charge in [-0.2, -0.15) is 4.31 Å². The van der Waals surface area contributed by atoms with Crippen LogP contribution in [0.3, 0.4) is 0 Å². The molecule has 6 nitrogen and oxygen atoms in total. The number of rotatable bonds is 5. The molecule has 1 aliphatic heterocycles. The first-order valence-electron chi connectivity index (χ1n) is 9.96. The number of benzene rings is 1. The van der Waals surface area contributed by atoms with Gasteiger partial charge in [-0.1, -0.05) is 6.07 Å². The van der Waals surface area contributed by atoms with Crippen LogP contribution < -0.4 is 5.32 Å². The van der Waals surface area contributed by atoms with E-state index in [1.807, 2.05) is 18.2 Å². The molecule has 150 valence electrons. The summed E-state index contributed by atoms with van der Waals surface area (Å²) in [5.74, 6) is 0.507. The number of furan rings is 1. The van der Waals surface area contributed by atoms with Gasteiger partial charge in [0.25, 0.3) is 0 Å². The monoisotopic (exact) mass is 402 g/mol. The molecule has 0 radical (unpaired) electrons. The minimum atomic E-state index is -3.51. The van der Waals surface area contributed by atoms with Crippen LogP contribution in [0.5, 0.6) is 0 Å². The Labute approximate surface area is 166 Å². The van der Waals surface area contributed by atoms with Crippen molar-refractivity contribution in [3.63, 3.8) is 0 Å². The van der Waals surface area contributed by atoms with Crippen LogP contribution in [0.15, 0.2) is 45.9 Å². The zero-order valence-corrected chi connectivity index (χ0v) is 16.7. The average Bonchev–Trinajstić information content (AvgIpc) is 3.25. The molecule has 28 heavy (non-hydrogen) atoms. The molecule has 2 heterocycles. The number of hydrogen-bond donors (Lipinski definition) is 1. The van der Waals surface area contributed by atoms with Crippen molar-refractivity contribution in [2.45, 2.75) is 50.0 Å². The standard InChI is InChI=1S/C21H26N2O4S/c24-21(22-15-19-6-3-13-27-19)17-9-11-23(12-10-17)28(25,26)20-8-7-16-4-1-2-5-18(16)14-20/h3,6-8,13-14,17H,1-2,4-5,9-12,15H2,(H,22,24). The highest BCUT2D eigenvalue weighted by Gasteiger charge is 2.32. The molecule has 1 fully saturated rings. The van der Waals surface area contributed by atoms with Gasteiger partial charge in [0.1, 0.15) is 5.76 Å². The van der Waals surface area contributed by atoms with E-state index < -0.39 is 10.0 Å². The van der Waals surface area contributed by atoms with Gasteiger partial charge < -0.3 is 9.73 Å². The quantitative estimate of drug-likeness (QED) is 0.834. The van der Waals surface area contributed by atoms with E-state index in [0.717, 1.165) is 19.3 Å². The molecule has 0 spiro atoms. The van der Waals surface area contributed by atoms with E-state index >= 15 is 0 Å². The molecule has 0 bridgehead atoms. The van der Waals surface area contributed by atoms with Crippen LogP contribution in [0, 0.1) is 5.92 Å². The number of piperidine rings is 1. The van der Waals surface area contributed by atoms with Crippen molar-refractivity contribution < 1.29 is 17.6 Å². The van der Waals surface area contributed by atoms with Crippen LogP contribution >= 0.6 is 0 Å². The Bertz CT molecular complexity index is 929. The molecule has 0 unspecified atom stereocenters. The van der Waals surface area contributed by atoms with E-state index in [1.54, 1.807) is 18.4 Å². The minimum absolute atomic E-state index is 0.0396. The van der Waals surface area contributed by atoms with E-state index in [9.17, 15) is 13.2 Å². The molecule has 1 amide bonds. The molecular weight excluding hydrogens is 376 g/mol. The molecule has 0 saturated carbocycles. The number of amides is 1. The van der Waals surface area contributed by atoms with Gasteiger partial charge >= 0.3 is 0 Å². The van der Waals surface area contributed by atoms with Crippen LogP contribution in [0.2, 0.25) is 0 Å². The lowest BCUT2D eigenvalue weighted by Crippen LogP contribution is -2.42. The number of carbonyl (C=O) groups is 1. The summed E-state index contributed by atoms with van der Waals surface area (Å²) in [7, 11) is -3.51. The van der Waals surface area contributed by atoms with Gasteiger partial charge in [-0.3, -0.25) is 4.79 Å². The number of hydrogen-bond acceptors (Lipinski definition) is 4. The Kier molecular flexibility index (Phi) is 5.55. The van der Waals surface area contributed by atoms with E-state index in [-0.39, 0.29) is 11.8 Å². The smallest absolute Gasteiger partial charge is 0.243 e. The topological polar surface area (TPSA) is 79.6 Å². The Hall–Kier alpha value is -2.12. The molecule has 4 rings (SSSR count). The van der Waals surface area contributed by atoms with Crippen LogP contribution in [-0.4, -0.2) is 31.7 Å². The SMILES string of the molecule is O=C(NCc1ccco1)C1CCN(S(=O)(=O)c2ccc3c(c2)CCCC3)CC1. The second-order valence-corrected chi connectivity index (χ2v) is 9.55. The summed E-state index contributed by atoms with van der Waals surface area (Å²) in [5, 5.41) is 2.87. The average molecular weight is 403 g/mol. The highest BCUT2D eigenvalue weighted by molar-refractivity contribution is 7.89. The van der Waals surface area contributed by atoms with Gasteiger partial charge in [0, 0.05) is 19.0 Å². The first-order chi connectivity index (χ1) is 13.5. The maximum atomic E-state index is 13.0. The largest absolute Gasteiger partial charge is 0.467 e. The molecule has 0 atom stereocenters. The highest BCUT2D eigenvalue weighted by atomic mass is 32.2. The maximum Gasteiger partial charge on any atom is 0.243 e. The molecule has 7 heteroatoms. The fourth-order valence-corrected chi connectivity index (χ4v) is 5.63. The van der Waals surface area contributed by atoms with Gasteiger partial charge in [0.15, 0.2) is 0 Å². The maximum absolute atomic E-state index is 13.0. The van der Waals surface area contributed by atoms with Crippen molar-refractivity contribution in [1.82, 2.24) is 9.62 Å². The summed E-state index contributed by atoms with van der Waals surface area (Å²) in [6, 6.07) is 9.16. The second-order valence-electron chi connectivity index (χ2n) is 7.61. The van der Waals surface area contributed by atoms with Crippen molar-refractivity contribution in [1.29, 1.82) is 0 Å². The molecule has 1 saturated heterocycles. The third kappa shape index (κ3) is 4.00. The zero-order valence-electron chi connectivity index (χ0n) is 15.9. The number of nitrogens with one attached hydrogen (secondary N) is 1. The Morgan fingerprint density at radius 2 is 1.86 bits per heavy atom. The number of sulfonamides is 1. The predicted octanol–water partition coefficient (Wildman–Crippen LogP) is 2.88. The van der Waals surface area contributed by atoms with Crippen molar-refractivity contribution >= 4 is 15.9 Å². The molecule has 2 aliphatic rings. The van der Waals surface area contributed by atoms with Crippen molar-refractivity contribution in [2.24, 2.45) is 5.92 Å². The summed E-state index contributed by atoms with van der Waals surface area (Å²) in [6.07, 6.45) is 6.93. The van der Waals surface area contributed by atoms with Crippen molar-refractivity contribution in [3.05, 3.63) is 53.5 Å². The van der Waals surface area contributed by atoms with Crippen molar-refractivity contribution in [2.75, 3.05) is 13.1 Å². The molecule has 1 N–H and O–H groups in total. The third-order valence-electron chi connectivity index (χ3n) is 5.80. The zero-order chi connectivity index (χ0) is 19.6. The van der Waals surface area contributed by atoms with Crippen LogP contribution in [0.25, 0.3) is 0 Å². The predicted molar refractivity (Wildman–Crippen MR) is 105 cm³/mol. The normalized spacial score (nSPS) is 18.6.